The number of hydrogen-bond donors (Lipinski definition) is 4. The second-order valence-electron chi connectivity index (χ2n) is 10.5. The van der Waals surface area contributed by atoms with Crippen LogP contribution in [0.25, 0.3) is 0 Å². The highest BCUT2D eigenvalue weighted by Gasteiger charge is 2.22. The van der Waals surface area contributed by atoms with Crippen LogP contribution in [0.1, 0.15) is 78.1 Å². The van der Waals surface area contributed by atoms with Crippen molar-refractivity contribution in [2.45, 2.75) is 78.1 Å². The first-order valence-electron chi connectivity index (χ1n) is 15.1. The van der Waals surface area contributed by atoms with Gasteiger partial charge in [-0.1, -0.05) is 38.5 Å². The van der Waals surface area contributed by atoms with Crippen LogP contribution in [0.4, 0.5) is 11.4 Å². The Morgan fingerprint density at radius 2 is 0.952 bits per heavy atom. The molecule has 0 radical (unpaired) electrons. The SMILES string of the molecule is CCOc1ccc(NC(=S)NC(=O)C2CCCCC2)cc1.CCOc1ccc(NC(=S)NC(=O)C2CCCCC2)cc1. The van der Waals surface area contributed by atoms with Gasteiger partial charge in [-0.25, -0.2) is 0 Å². The number of nitrogens with one attached hydrogen (secondary N) is 4. The molecule has 0 spiro atoms. The maximum absolute atomic E-state index is 12.1. The van der Waals surface area contributed by atoms with E-state index in [0.717, 1.165) is 74.2 Å². The number of anilines is 2. The highest BCUT2D eigenvalue weighted by molar-refractivity contribution is 7.80. The van der Waals surface area contributed by atoms with Crippen LogP contribution in [-0.4, -0.2) is 35.3 Å². The summed E-state index contributed by atoms with van der Waals surface area (Å²) in [5, 5.41) is 12.3. The van der Waals surface area contributed by atoms with Gasteiger partial charge < -0.3 is 30.7 Å². The first-order valence-corrected chi connectivity index (χ1v) is 15.9. The van der Waals surface area contributed by atoms with Gasteiger partial charge in [-0.2, -0.15) is 0 Å². The third-order valence-corrected chi connectivity index (χ3v) is 7.68. The fourth-order valence-electron chi connectivity index (χ4n) is 5.08. The van der Waals surface area contributed by atoms with Crippen LogP contribution in [0.5, 0.6) is 11.5 Å². The lowest BCUT2D eigenvalue weighted by atomic mass is 9.89. The molecule has 228 valence electrons. The van der Waals surface area contributed by atoms with Crippen molar-refractivity contribution in [2.75, 3.05) is 23.8 Å². The van der Waals surface area contributed by atoms with Crippen LogP contribution in [0.3, 0.4) is 0 Å². The van der Waals surface area contributed by atoms with E-state index in [-0.39, 0.29) is 23.7 Å². The number of amides is 2. The van der Waals surface area contributed by atoms with Crippen molar-refractivity contribution < 1.29 is 19.1 Å². The fourth-order valence-corrected chi connectivity index (χ4v) is 5.52. The molecule has 2 aromatic carbocycles. The van der Waals surface area contributed by atoms with Crippen LogP contribution in [0.15, 0.2) is 48.5 Å². The summed E-state index contributed by atoms with van der Waals surface area (Å²) in [6, 6.07) is 15.0. The third kappa shape index (κ3) is 11.9. The first kappa shape index (κ1) is 33.3. The summed E-state index contributed by atoms with van der Waals surface area (Å²) in [4.78, 5) is 24.2. The Balaban J connectivity index is 0.000000230. The molecule has 2 aliphatic rings. The zero-order chi connectivity index (χ0) is 30.2. The minimum absolute atomic E-state index is 0.0399. The van der Waals surface area contributed by atoms with Gasteiger partial charge in [0.1, 0.15) is 11.5 Å². The van der Waals surface area contributed by atoms with E-state index in [0.29, 0.717) is 23.4 Å². The second kappa shape index (κ2) is 18.3. The third-order valence-electron chi connectivity index (χ3n) is 7.27. The Morgan fingerprint density at radius 3 is 1.26 bits per heavy atom. The number of carbonyl (C=O) groups excluding carboxylic acids is 2. The molecule has 0 bridgehead atoms. The standard InChI is InChI=1S/2C16H22N2O2S/c2*1-2-20-14-10-8-13(9-11-14)17-16(21)18-15(19)12-6-4-3-5-7-12/h2*8-12H,2-7H2,1H3,(H2,17,18,19,21). The molecule has 0 saturated heterocycles. The van der Waals surface area contributed by atoms with Gasteiger partial charge in [0.25, 0.3) is 0 Å². The van der Waals surface area contributed by atoms with E-state index in [1.54, 1.807) is 0 Å². The van der Waals surface area contributed by atoms with Crippen molar-refractivity contribution in [3.63, 3.8) is 0 Å². The van der Waals surface area contributed by atoms with E-state index in [2.05, 4.69) is 21.3 Å². The van der Waals surface area contributed by atoms with Crippen molar-refractivity contribution >= 4 is 57.8 Å². The molecule has 0 unspecified atom stereocenters. The Kier molecular flexibility index (Phi) is 14.5. The van der Waals surface area contributed by atoms with Crippen LogP contribution in [-0.2, 0) is 9.59 Å². The van der Waals surface area contributed by atoms with Crippen molar-refractivity contribution in [1.29, 1.82) is 0 Å². The number of rotatable bonds is 8. The highest BCUT2D eigenvalue weighted by Crippen LogP contribution is 2.25. The Hall–Kier alpha value is -3.24. The summed E-state index contributed by atoms with van der Waals surface area (Å²) in [7, 11) is 0. The molecular weight excluding hydrogens is 569 g/mol. The number of benzene rings is 2. The highest BCUT2D eigenvalue weighted by atomic mass is 32.1. The smallest absolute Gasteiger partial charge is 0.229 e. The summed E-state index contributed by atoms with van der Waals surface area (Å²) in [5.74, 6) is 1.94. The van der Waals surface area contributed by atoms with Gasteiger partial charge in [-0.3, -0.25) is 9.59 Å². The van der Waals surface area contributed by atoms with E-state index in [9.17, 15) is 9.59 Å². The molecule has 2 amide bonds. The molecule has 0 atom stereocenters. The van der Waals surface area contributed by atoms with Crippen molar-refractivity contribution in [2.24, 2.45) is 11.8 Å². The van der Waals surface area contributed by atoms with Gasteiger partial charge in [0, 0.05) is 23.2 Å². The molecule has 4 N–H and O–H groups in total. The summed E-state index contributed by atoms with van der Waals surface area (Å²) < 4.78 is 10.8. The average molecular weight is 613 g/mol. The van der Waals surface area contributed by atoms with E-state index in [1.165, 1.54) is 12.8 Å². The second-order valence-corrected chi connectivity index (χ2v) is 11.3. The van der Waals surface area contributed by atoms with Crippen molar-refractivity contribution in [3.8, 4) is 11.5 Å². The molecule has 0 aliphatic heterocycles. The largest absolute Gasteiger partial charge is 0.494 e. The predicted octanol–water partition coefficient (Wildman–Crippen LogP) is 6.96. The van der Waals surface area contributed by atoms with E-state index in [4.69, 9.17) is 33.9 Å². The van der Waals surface area contributed by atoms with Gasteiger partial charge in [-0.15, -0.1) is 0 Å². The van der Waals surface area contributed by atoms with Crippen molar-refractivity contribution in [3.05, 3.63) is 48.5 Å². The molecule has 42 heavy (non-hydrogen) atoms. The van der Waals surface area contributed by atoms with Crippen LogP contribution < -0.4 is 30.7 Å². The van der Waals surface area contributed by atoms with Crippen molar-refractivity contribution in [1.82, 2.24) is 10.6 Å². The minimum atomic E-state index is 0.0399. The summed E-state index contributed by atoms with van der Waals surface area (Å²) in [6.45, 7) is 5.18. The van der Waals surface area contributed by atoms with Gasteiger partial charge in [0.15, 0.2) is 10.2 Å². The maximum Gasteiger partial charge on any atom is 0.229 e. The van der Waals surface area contributed by atoms with Gasteiger partial charge in [-0.05, 0) is 112 Å². The zero-order valence-corrected chi connectivity index (χ0v) is 26.3. The summed E-state index contributed by atoms with van der Waals surface area (Å²) in [5.41, 5.74) is 1.68. The lowest BCUT2D eigenvalue weighted by Crippen LogP contribution is -2.38. The van der Waals surface area contributed by atoms with Gasteiger partial charge >= 0.3 is 0 Å². The normalized spacial score (nSPS) is 15.3. The van der Waals surface area contributed by atoms with Crippen LogP contribution in [0.2, 0.25) is 0 Å². The zero-order valence-electron chi connectivity index (χ0n) is 24.7. The number of hydrogen-bond acceptors (Lipinski definition) is 6. The maximum atomic E-state index is 12.1. The molecule has 2 aromatic rings. The Labute approximate surface area is 260 Å². The summed E-state index contributed by atoms with van der Waals surface area (Å²) >= 11 is 10.4. The van der Waals surface area contributed by atoms with E-state index >= 15 is 0 Å². The first-order chi connectivity index (χ1) is 20.4. The monoisotopic (exact) mass is 612 g/mol. The topological polar surface area (TPSA) is 101 Å². The van der Waals surface area contributed by atoms with Crippen LogP contribution in [0, 0.1) is 11.8 Å². The minimum Gasteiger partial charge on any atom is -0.494 e. The quantitative estimate of drug-likeness (QED) is 0.238. The Morgan fingerprint density at radius 1 is 0.619 bits per heavy atom. The summed E-state index contributed by atoms with van der Waals surface area (Å²) in [6.07, 6.45) is 10.9. The van der Waals surface area contributed by atoms with E-state index in [1.807, 2.05) is 62.4 Å². The molecular formula is C32H44N4O4S2. The van der Waals surface area contributed by atoms with Gasteiger partial charge in [0.2, 0.25) is 11.8 Å². The molecule has 2 aliphatic carbocycles. The lowest BCUT2D eigenvalue weighted by molar-refractivity contribution is -0.125. The molecule has 0 heterocycles. The average Bonchev–Trinajstić information content (AvgIpc) is 3.00. The molecule has 8 nitrogen and oxygen atoms in total. The Bertz CT molecular complexity index is 1050. The van der Waals surface area contributed by atoms with Gasteiger partial charge in [0.05, 0.1) is 13.2 Å². The van der Waals surface area contributed by atoms with Crippen LogP contribution >= 0.6 is 24.4 Å². The van der Waals surface area contributed by atoms with E-state index < -0.39 is 0 Å². The fraction of sp³-hybridized carbons (Fsp3) is 0.500. The molecule has 0 aromatic heterocycles. The number of carbonyl (C=O) groups is 2. The predicted molar refractivity (Wildman–Crippen MR) is 177 cm³/mol. The molecule has 2 saturated carbocycles. The molecule has 2 fully saturated rings. The number of thiocarbonyl (C=S) groups is 2. The number of ether oxygens (including phenoxy) is 2. The lowest BCUT2D eigenvalue weighted by Gasteiger charge is -2.21. The molecule has 4 rings (SSSR count). The molecule has 10 heteroatoms.